The lowest BCUT2D eigenvalue weighted by molar-refractivity contribution is 0.495. The van der Waals surface area contributed by atoms with E-state index in [1.165, 1.54) is 48.7 Å². The molecule has 0 spiro atoms. The Morgan fingerprint density at radius 3 is 3.19 bits per heavy atom. The summed E-state index contributed by atoms with van der Waals surface area (Å²) < 4.78 is 0. The van der Waals surface area contributed by atoms with Gasteiger partial charge < -0.3 is 5.32 Å². The first kappa shape index (κ1) is 12.4. The maximum atomic E-state index is 4.30. The number of aromatic nitrogens is 1. The molecular formula is C12H20N2S2. The SMILES string of the molecule is c1csc(CCCCNC2CCCSC2)n1. The third-order valence-electron chi connectivity index (χ3n) is 2.89. The number of thiazole rings is 1. The summed E-state index contributed by atoms with van der Waals surface area (Å²) in [6, 6.07) is 0.776. The van der Waals surface area contributed by atoms with Crippen LogP contribution in [0.5, 0.6) is 0 Å². The molecule has 2 nitrogen and oxygen atoms in total. The topological polar surface area (TPSA) is 24.9 Å². The lowest BCUT2D eigenvalue weighted by atomic mass is 10.1. The van der Waals surface area contributed by atoms with Crippen LogP contribution in [-0.2, 0) is 6.42 Å². The fourth-order valence-corrected chi connectivity index (χ4v) is 3.75. The molecule has 1 aromatic heterocycles. The van der Waals surface area contributed by atoms with Crippen molar-refractivity contribution in [1.82, 2.24) is 10.3 Å². The average molecular weight is 256 g/mol. The lowest BCUT2D eigenvalue weighted by Crippen LogP contribution is -2.34. The quantitative estimate of drug-likeness (QED) is 0.792. The minimum absolute atomic E-state index is 0.776. The molecule has 90 valence electrons. The molecule has 0 aromatic carbocycles. The Balaban J connectivity index is 1.48. The molecule has 1 aliphatic heterocycles. The molecule has 0 saturated carbocycles. The van der Waals surface area contributed by atoms with Crippen LogP contribution < -0.4 is 5.32 Å². The van der Waals surface area contributed by atoms with E-state index in [2.05, 4.69) is 27.4 Å². The summed E-state index contributed by atoms with van der Waals surface area (Å²) in [6.45, 7) is 1.18. The zero-order valence-corrected chi connectivity index (χ0v) is 11.3. The highest BCUT2D eigenvalue weighted by Crippen LogP contribution is 2.16. The Labute approximate surface area is 106 Å². The van der Waals surface area contributed by atoms with Gasteiger partial charge in [-0.05, 0) is 44.4 Å². The Morgan fingerprint density at radius 1 is 1.44 bits per heavy atom. The molecule has 0 aliphatic carbocycles. The number of hydrogen-bond acceptors (Lipinski definition) is 4. The van der Waals surface area contributed by atoms with Crippen molar-refractivity contribution in [3.05, 3.63) is 16.6 Å². The van der Waals surface area contributed by atoms with Crippen LogP contribution in [-0.4, -0.2) is 29.1 Å². The molecule has 1 aromatic rings. The lowest BCUT2D eigenvalue weighted by Gasteiger charge is -2.22. The van der Waals surface area contributed by atoms with Crippen LogP contribution in [0.3, 0.4) is 0 Å². The number of aryl methyl sites for hydroxylation is 1. The van der Waals surface area contributed by atoms with E-state index in [0.717, 1.165) is 12.5 Å². The third-order valence-corrected chi connectivity index (χ3v) is 4.95. The number of nitrogens with one attached hydrogen (secondary N) is 1. The molecule has 1 saturated heterocycles. The maximum absolute atomic E-state index is 4.30. The first-order valence-electron chi connectivity index (χ1n) is 6.14. The van der Waals surface area contributed by atoms with Gasteiger partial charge >= 0.3 is 0 Å². The fraction of sp³-hybridized carbons (Fsp3) is 0.750. The Kier molecular flexibility index (Phi) is 5.66. The summed E-state index contributed by atoms with van der Waals surface area (Å²) in [5, 5.41) is 7.01. The summed E-state index contributed by atoms with van der Waals surface area (Å²) in [7, 11) is 0. The molecule has 4 heteroatoms. The Morgan fingerprint density at radius 2 is 2.44 bits per heavy atom. The van der Waals surface area contributed by atoms with Gasteiger partial charge in [-0.2, -0.15) is 11.8 Å². The van der Waals surface area contributed by atoms with E-state index in [0.29, 0.717) is 0 Å². The van der Waals surface area contributed by atoms with Crippen molar-refractivity contribution in [2.45, 2.75) is 38.1 Å². The molecular weight excluding hydrogens is 236 g/mol. The highest BCUT2D eigenvalue weighted by atomic mass is 32.2. The molecule has 0 bridgehead atoms. The minimum atomic E-state index is 0.776. The highest BCUT2D eigenvalue weighted by molar-refractivity contribution is 7.99. The van der Waals surface area contributed by atoms with Gasteiger partial charge in [0.05, 0.1) is 5.01 Å². The summed E-state index contributed by atoms with van der Waals surface area (Å²) in [5.74, 6) is 2.68. The van der Waals surface area contributed by atoms with Crippen molar-refractivity contribution in [3.8, 4) is 0 Å². The minimum Gasteiger partial charge on any atom is -0.313 e. The van der Waals surface area contributed by atoms with Gasteiger partial charge in [-0.1, -0.05) is 0 Å². The Bertz CT molecular complexity index is 269. The van der Waals surface area contributed by atoms with Crippen molar-refractivity contribution in [2.24, 2.45) is 0 Å². The van der Waals surface area contributed by atoms with Gasteiger partial charge in [0.1, 0.15) is 0 Å². The fourth-order valence-electron chi connectivity index (χ4n) is 1.99. The number of unbranched alkanes of at least 4 members (excludes halogenated alkanes) is 1. The van der Waals surface area contributed by atoms with Gasteiger partial charge in [0.15, 0.2) is 0 Å². The zero-order chi connectivity index (χ0) is 11.1. The molecule has 0 amide bonds. The standard InChI is InChI=1S/C12H20N2S2/c1(5-12-14-7-9-16-12)2-6-13-11-4-3-8-15-10-11/h7,9,11,13H,1-6,8,10H2. The number of thioether (sulfide) groups is 1. The van der Waals surface area contributed by atoms with Gasteiger partial charge in [0.2, 0.25) is 0 Å². The van der Waals surface area contributed by atoms with Crippen LogP contribution in [0.4, 0.5) is 0 Å². The van der Waals surface area contributed by atoms with Crippen molar-refractivity contribution in [3.63, 3.8) is 0 Å². The van der Waals surface area contributed by atoms with Gasteiger partial charge in [0, 0.05) is 23.4 Å². The van der Waals surface area contributed by atoms with Crippen LogP contribution in [0.25, 0.3) is 0 Å². The van der Waals surface area contributed by atoms with Crippen LogP contribution >= 0.6 is 23.1 Å². The second kappa shape index (κ2) is 7.30. The molecule has 1 atom stereocenters. The second-order valence-corrected chi connectivity index (χ2v) is 6.38. The van der Waals surface area contributed by atoms with Gasteiger partial charge in [-0.3, -0.25) is 0 Å². The summed E-state index contributed by atoms with van der Waals surface area (Å²) in [5.41, 5.74) is 0. The van der Waals surface area contributed by atoms with E-state index >= 15 is 0 Å². The normalized spacial score (nSPS) is 21.1. The van der Waals surface area contributed by atoms with E-state index in [4.69, 9.17) is 0 Å². The number of nitrogens with zero attached hydrogens (tertiary/aromatic N) is 1. The molecule has 16 heavy (non-hydrogen) atoms. The van der Waals surface area contributed by atoms with Crippen LogP contribution in [0.1, 0.15) is 30.7 Å². The number of hydrogen-bond donors (Lipinski definition) is 1. The van der Waals surface area contributed by atoms with Gasteiger partial charge in [-0.15, -0.1) is 11.3 Å². The largest absolute Gasteiger partial charge is 0.313 e. The van der Waals surface area contributed by atoms with E-state index < -0.39 is 0 Å². The third kappa shape index (κ3) is 4.44. The molecule has 1 fully saturated rings. The van der Waals surface area contributed by atoms with E-state index in [1.807, 2.05) is 6.20 Å². The summed E-state index contributed by atoms with van der Waals surface area (Å²) in [4.78, 5) is 4.30. The molecule has 0 radical (unpaired) electrons. The number of rotatable bonds is 6. The van der Waals surface area contributed by atoms with E-state index in [1.54, 1.807) is 11.3 Å². The van der Waals surface area contributed by atoms with Gasteiger partial charge in [-0.25, -0.2) is 4.98 Å². The predicted octanol–water partition coefficient (Wildman–Crippen LogP) is 2.95. The van der Waals surface area contributed by atoms with E-state index in [9.17, 15) is 0 Å². The maximum Gasteiger partial charge on any atom is 0.0924 e. The highest BCUT2D eigenvalue weighted by Gasteiger charge is 2.11. The molecule has 1 N–H and O–H groups in total. The molecule has 1 unspecified atom stereocenters. The van der Waals surface area contributed by atoms with E-state index in [-0.39, 0.29) is 0 Å². The first-order chi connectivity index (χ1) is 7.95. The molecule has 2 heterocycles. The average Bonchev–Trinajstić information content (AvgIpc) is 2.83. The molecule has 1 aliphatic rings. The smallest absolute Gasteiger partial charge is 0.0924 e. The van der Waals surface area contributed by atoms with Crippen molar-refractivity contribution in [2.75, 3.05) is 18.1 Å². The van der Waals surface area contributed by atoms with Crippen LogP contribution in [0, 0.1) is 0 Å². The van der Waals surface area contributed by atoms with Crippen LogP contribution in [0.2, 0.25) is 0 Å². The van der Waals surface area contributed by atoms with Gasteiger partial charge in [0.25, 0.3) is 0 Å². The zero-order valence-electron chi connectivity index (χ0n) is 9.65. The first-order valence-corrected chi connectivity index (χ1v) is 8.18. The summed E-state index contributed by atoms with van der Waals surface area (Å²) >= 11 is 3.87. The second-order valence-electron chi connectivity index (χ2n) is 4.25. The van der Waals surface area contributed by atoms with Crippen LogP contribution in [0.15, 0.2) is 11.6 Å². The molecule has 2 rings (SSSR count). The van der Waals surface area contributed by atoms with Crippen molar-refractivity contribution >= 4 is 23.1 Å². The summed E-state index contributed by atoms with van der Waals surface area (Å²) in [6.07, 6.45) is 8.36. The van der Waals surface area contributed by atoms with Crippen molar-refractivity contribution in [1.29, 1.82) is 0 Å². The Hall–Kier alpha value is -0.0600. The monoisotopic (exact) mass is 256 g/mol. The van der Waals surface area contributed by atoms with Crippen molar-refractivity contribution < 1.29 is 0 Å². The predicted molar refractivity (Wildman–Crippen MR) is 73.4 cm³/mol.